The smallest absolute Gasteiger partial charge is 0.220 e. The topological polar surface area (TPSA) is 42.4 Å². The maximum absolute atomic E-state index is 11.8. The van der Waals surface area contributed by atoms with E-state index in [2.05, 4.69) is 25.8 Å². The number of rotatable bonds is 7. The van der Waals surface area contributed by atoms with Gasteiger partial charge in [-0.2, -0.15) is 0 Å². The molecule has 0 radical (unpaired) electrons. The number of hydrogen-bond acceptors (Lipinski definition) is 4. The van der Waals surface area contributed by atoms with E-state index in [9.17, 15) is 4.79 Å². The Labute approximate surface area is 142 Å². The zero-order chi connectivity index (χ0) is 16.8. The first-order valence-electron chi connectivity index (χ1n) is 7.89. The molecular weight excluding hydrogens is 308 g/mol. The molecule has 0 unspecified atom stereocenters. The molecule has 0 N–H and O–H groups in total. The van der Waals surface area contributed by atoms with E-state index in [1.807, 2.05) is 34.5 Å². The number of carbonyl (C=O) groups excluding carboxylic acids is 1. The van der Waals surface area contributed by atoms with Crippen molar-refractivity contribution in [3.05, 3.63) is 45.9 Å². The molecule has 4 nitrogen and oxygen atoms in total. The molecule has 0 bridgehead atoms. The van der Waals surface area contributed by atoms with Crippen molar-refractivity contribution in [3.63, 3.8) is 0 Å². The normalized spacial score (nSPS) is 12.0. The number of nitrogens with zero attached hydrogens (tertiary/aromatic N) is 2. The van der Waals surface area contributed by atoms with Gasteiger partial charge in [-0.3, -0.25) is 4.79 Å². The summed E-state index contributed by atoms with van der Waals surface area (Å²) in [5.74, 6) is 0.933. The lowest BCUT2D eigenvalue weighted by molar-refractivity contribution is -0.131. The van der Waals surface area contributed by atoms with Crippen molar-refractivity contribution in [1.82, 2.24) is 9.88 Å². The minimum Gasteiger partial charge on any atom is -0.486 e. The third kappa shape index (κ3) is 5.06. The monoisotopic (exact) mass is 332 g/mol. The Bertz CT molecular complexity index is 637. The van der Waals surface area contributed by atoms with Crippen LogP contribution < -0.4 is 4.74 Å². The number of benzene rings is 1. The predicted molar refractivity (Wildman–Crippen MR) is 93.6 cm³/mol. The van der Waals surface area contributed by atoms with Crippen molar-refractivity contribution >= 4 is 17.2 Å². The minimum absolute atomic E-state index is 0.0878. The van der Waals surface area contributed by atoms with Crippen molar-refractivity contribution in [2.24, 2.45) is 0 Å². The highest BCUT2D eigenvalue weighted by molar-refractivity contribution is 7.09. The van der Waals surface area contributed by atoms with Crippen molar-refractivity contribution in [2.75, 3.05) is 0 Å². The number of amides is 1. The number of carbonyl (C=O) groups is 1. The summed E-state index contributed by atoms with van der Waals surface area (Å²) in [6, 6.07) is 8.20. The van der Waals surface area contributed by atoms with Gasteiger partial charge in [0, 0.05) is 18.3 Å². The molecule has 1 atom stereocenters. The number of aromatic nitrogens is 1. The molecular formula is C18H24N2O2S. The van der Waals surface area contributed by atoms with E-state index in [4.69, 9.17) is 4.74 Å². The molecule has 2 rings (SSSR count). The zero-order valence-electron chi connectivity index (χ0n) is 14.2. The van der Waals surface area contributed by atoms with Crippen molar-refractivity contribution in [3.8, 4) is 5.75 Å². The second-order valence-electron chi connectivity index (χ2n) is 5.74. The fourth-order valence-corrected chi connectivity index (χ4v) is 2.94. The molecule has 0 saturated carbocycles. The molecule has 0 fully saturated rings. The van der Waals surface area contributed by atoms with Crippen molar-refractivity contribution in [2.45, 2.75) is 53.3 Å². The lowest BCUT2D eigenvalue weighted by Gasteiger charge is -2.26. The Hall–Kier alpha value is -1.88. The Morgan fingerprint density at radius 1 is 1.35 bits per heavy atom. The Balaban J connectivity index is 1.94. The fourth-order valence-electron chi connectivity index (χ4n) is 2.24. The first kappa shape index (κ1) is 17.5. The van der Waals surface area contributed by atoms with Gasteiger partial charge in [0.2, 0.25) is 5.91 Å². The first-order chi connectivity index (χ1) is 11.0. The van der Waals surface area contributed by atoms with Gasteiger partial charge in [0.25, 0.3) is 0 Å². The summed E-state index contributed by atoms with van der Waals surface area (Å²) in [6.45, 7) is 8.83. The lowest BCUT2D eigenvalue weighted by atomic mass is 10.2. The summed E-state index contributed by atoms with van der Waals surface area (Å²) in [6.07, 6.45) is 0.938. The van der Waals surface area contributed by atoms with Gasteiger partial charge in [-0.05, 0) is 32.4 Å². The summed E-state index contributed by atoms with van der Waals surface area (Å²) in [4.78, 5) is 18.2. The molecule has 124 valence electrons. The fraction of sp³-hybridized carbons (Fsp3) is 0.444. The van der Waals surface area contributed by atoms with Crippen LogP contribution >= 0.6 is 11.3 Å². The van der Waals surface area contributed by atoms with E-state index in [0.29, 0.717) is 13.2 Å². The highest BCUT2D eigenvalue weighted by Gasteiger charge is 2.17. The number of aryl methyl sites for hydroxylation is 1. The van der Waals surface area contributed by atoms with E-state index in [1.165, 1.54) is 5.56 Å². The van der Waals surface area contributed by atoms with Crippen LogP contribution in [-0.4, -0.2) is 21.8 Å². The first-order valence-corrected chi connectivity index (χ1v) is 8.77. The number of ether oxygens (including phenoxy) is 1. The molecule has 1 aromatic carbocycles. The van der Waals surface area contributed by atoms with Crippen molar-refractivity contribution in [1.29, 1.82) is 0 Å². The minimum atomic E-state index is 0.0878. The molecule has 0 aliphatic rings. The molecule has 0 spiro atoms. The van der Waals surface area contributed by atoms with Crippen LogP contribution in [0.3, 0.4) is 0 Å². The van der Waals surface area contributed by atoms with E-state index in [1.54, 1.807) is 18.3 Å². The Morgan fingerprint density at radius 2 is 2.04 bits per heavy atom. The maximum atomic E-state index is 11.8. The van der Waals surface area contributed by atoms with Crippen LogP contribution in [0.1, 0.15) is 43.5 Å². The maximum Gasteiger partial charge on any atom is 0.220 e. The average Bonchev–Trinajstić information content (AvgIpc) is 2.99. The van der Waals surface area contributed by atoms with Gasteiger partial charge in [-0.25, -0.2) is 4.98 Å². The van der Waals surface area contributed by atoms with E-state index >= 15 is 0 Å². The third-order valence-electron chi connectivity index (χ3n) is 3.84. The molecule has 5 heteroatoms. The van der Waals surface area contributed by atoms with Gasteiger partial charge in [0.05, 0.1) is 12.2 Å². The third-order valence-corrected chi connectivity index (χ3v) is 4.71. The van der Waals surface area contributed by atoms with E-state index in [-0.39, 0.29) is 11.9 Å². The van der Waals surface area contributed by atoms with Crippen LogP contribution in [0, 0.1) is 6.92 Å². The molecule has 0 aliphatic carbocycles. The standard InChI is InChI=1S/C18H24N2O2S/c1-5-14(3)20(15(4)21)10-16-12-23-18(19-16)11-22-17-8-6-13(2)7-9-17/h6-9,12,14H,5,10-11H2,1-4H3/t14-/m1/s1. The van der Waals surface area contributed by atoms with Gasteiger partial charge in [-0.15, -0.1) is 11.3 Å². The zero-order valence-corrected chi connectivity index (χ0v) is 15.0. The Kier molecular flexibility index (Phi) is 6.16. The molecule has 1 aromatic heterocycles. The SMILES string of the molecule is CC[C@@H](C)N(Cc1csc(COc2ccc(C)cc2)n1)C(C)=O. The van der Waals surface area contributed by atoms with Crippen molar-refractivity contribution < 1.29 is 9.53 Å². The van der Waals surface area contributed by atoms with Crippen LogP contribution in [0.25, 0.3) is 0 Å². The number of thiazole rings is 1. The molecule has 1 amide bonds. The van der Waals surface area contributed by atoms with Crippen LogP contribution in [-0.2, 0) is 17.9 Å². The van der Waals surface area contributed by atoms with Gasteiger partial charge in [-0.1, -0.05) is 24.6 Å². The van der Waals surface area contributed by atoms with Crippen LogP contribution in [0.15, 0.2) is 29.6 Å². The van der Waals surface area contributed by atoms with Crippen LogP contribution in [0.5, 0.6) is 5.75 Å². The number of hydrogen-bond donors (Lipinski definition) is 0. The summed E-state index contributed by atoms with van der Waals surface area (Å²) >= 11 is 1.57. The van der Waals surface area contributed by atoms with E-state index < -0.39 is 0 Å². The summed E-state index contributed by atoms with van der Waals surface area (Å²) in [7, 11) is 0. The van der Waals surface area contributed by atoms with Gasteiger partial charge < -0.3 is 9.64 Å². The molecule has 23 heavy (non-hydrogen) atoms. The second kappa shape index (κ2) is 8.11. The molecule has 2 aromatic rings. The van der Waals surface area contributed by atoms with Crippen LogP contribution in [0.4, 0.5) is 0 Å². The second-order valence-corrected chi connectivity index (χ2v) is 6.68. The molecule has 0 saturated heterocycles. The van der Waals surface area contributed by atoms with Gasteiger partial charge in [0.1, 0.15) is 17.4 Å². The quantitative estimate of drug-likeness (QED) is 0.764. The predicted octanol–water partition coefficient (Wildman–Crippen LogP) is 4.18. The largest absolute Gasteiger partial charge is 0.486 e. The van der Waals surface area contributed by atoms with Gasteiger partial charge >= 0.3 is 0 Å². The van der Waals surface area contributed by atoms with E-state index in [0.717, 1.165) is 22.9 Å². The highest BCUT2D eigenvalue weighted by atomic mass is 32.1. The molecule has 1 heterocycles. The average molecular weight is 332 g/mol. The molecule has 0 aliphatic heterocycles. The highest BCUT2D eigenvalue weighted by Crippen LogP contribution is 2.18. The summed E-state index contributed by atoms with van der Waals surface area (Å²) < 4.78 is 5.75. The van der Waals surface area contributed by atoms with Gasteiger partial charge in [0.15, 0.2) is 0 Å². The Morgan fingerprint density at radius 3 is 2.65 bits per heavy atom. The lowest BCUT2D eigenvalue weighted by Crippen LogP contribution is -2.36. The summed E-state index contributed by atoms with van der Waals surface area (Å²) in [5, 5.41) is 2.93. The van der Waals surface area contributed by atoms with Crippen LogP contribution in [0.2, 0.25) is 0 Å². The summed E-state index contributed by atoms with van der Waals surface area (Å²) in [5.41, 5.74) is 2.14.